The largest absolute Gasteiger partial charge is 0.472 e. The fraction of sp³-hybridized carbons (Fsp3) is 0.312. The van der Waals surface area contributed by atoms with Crippen LogP contribution in [0.3, 0.4) is 0 Å². The summed E-state index contributed by atoms with van der Waals surface area (Å²) in [5, 5.41) is 2.96. The Balaban J connectivity index is 1.60. The van der Waals surface area contributed by atoms with Gasteiger partial charge in [-0.15, -0.1) is 0 Å². The Kier molecular flexibility index (Phi) is 3.30. The zero-order chi connectivity index (χ0) is 14.0. The fourth-order valence-electron chi connectivity index (χ4n) is 2.47. The molecule has 3 rings (SSSR count). The highest BCUT2D eigenvalue weighted by atomic mass is 19.1. The molecular weight excluding hydrogens is 257 g/mol. The number of hydrogen-bond donors (Lipinski definition) is 1. The van der Waals surface area contributed by atoms with E-state index in [4.69, 9.17) is 4.42 Å². The van der Waals surface area contributed by atoms with Crippen LogP contribution in [0.4, 0.5) is 4.39 Å². The molecule has 1 amide bonds. The van der Waals surface area contributed by atoms with E-state index in [0.29, 0.717) is 6.54 Å². The van der Waals surface area contributed by atoms with E-state index in [-0.39, 0.29) is 11.7 Å². The number of benzene rings is 1. The summed E-state index contributed by atoms with van der Waals surface area (Å²) in [4.78, 5) is 12.3. The van der Waals surface area contributed by atoms with E-state index in [9.17, 15) is 9.18 Å². The molecule has 0 unspecified atom stereocenters. The number of rotatable bonds is 5. The van der Waals surface area contributed by atoms with Gasteiger partial charge in [0.25, 0.3) is 0 Å². The molecule has 1 aromatic heterocycles. The van der Waals surface area contributed by atoms with Gasteiger partial charge in [0.05, 0.1) is 17.9 Å². The minimum Gasteiger partial charge on any atom is -0.472 e. The summed E-state index contributed by atoms with van der Waals surface area (Å²) in [6.45, 7) is 0.585. The summed E-state index contributed by atoms with van der Waals surface area (Å²) >= 11 is 0. The molecule has 1 saturated carbocycles. The molecular formula is C16H16FNO2. The molecule has 1 fully saturated rings. The Bertz CT molecular complexity index is 585. The number of carbonyl (C=O) groups is 1. The van der Waals surface area contributed by atoms with Crippen molar-refractivity contribution in [1.82, 2.24) is 5.32 Å². The van der Waals surface area contributed by atoms with E-state index in [1.165, 1.54) is 12.1 Å². The van der Waals surface area contributed by atoms with Gasteiger partial charge >= 0.3 is 0 Å². The van der Waals surface area contributed by atoms with Crippen molar-refractivity contribution in [2.75, 3.05) is 6.54 Å². The summed E-state index contributed by atoms with van der Waals surface area (Å²) in [5.74, 6) is -0.238. The molecule has 4 heteroatoms. The standard InChI is InChI=1S/C16H16FNO2/c17-14-3-1-13(2-4-14)16(7-8-16)15(19)18-9-5-12-6-10-20-11-12/h1-4,6,10-11H,5,7-9H2,(H,18,19). The van der Waals surface area contributed by atoms with E-state index in [1.54, 1.807) is 24.7 Å². The number of halogens is 1. The summed E-state index contributed by atoms with van der Waals surface area (Å²) in [5.41, 5.74) is 1.53. The third-order valence-corrected chi connectivity index (χ3v) is 3.86. The predicted molar refractivity (Wildman–Crippen MR) is 72.7 cm³/mol. The number of furan rings is 1. The van der Waals surface area contributed by atoms with E-state index in [2.05, 4.69) is 5.32 Å². The highest BCUT2D eigenvalue weighted by Crippen LogP contribution is 2.48. The maximum atomic E-state index is 12.9. The van der Waals surface area contributed by atoms with Crippen LogP contribution in [0.5, 0.6) is 0 Å². The molecule has 2 aromatic rings. The van der Waals surface area contributed by atoms with Gasteiger partial charge in [-0.2, -0.15) is 0 Å². The molecule has 104 valence electrons. The molecule has 1 aromatic carbocycles. The van der Waals surface area contributed by atoms with Crippen LogP contribution in [-0.4, -0.2) is 12.5 Å². The first-order valence-corrected chi connectivity index (χ1v) is 6.76. The summed E-state index contributed by atoms with van der Waals surface area (Å²) in [6.07, 6.45) is 5.71. The molecule has 0 spiro atoms. The third kappa shape index (κ3) is 2.46. The highest BCUT2D eigenvalue weighted by Gasteiger charge is 2.50. The molecule has 1 aliphatic carbocycles. The Labute approximate surface area is 116 Å². The third-order valence-electron chi connectivity index (χ3n) is 3.86. The number of amides is 1. The van der Waals surface area contributed by atoms with Crippen molar-refractivity contribution in [2.24, 2.45) is 0 Å². The van der Waals surface area contributed by atoms with Gasteiger partial charge in [-0.1, -0.05) is 12.1 Å². The molecule has 0 aliphatic heterocycles. The molecule has 0 atom stereocenters. The zero-order valence-corrected chi connectivity index (χ0v) is 11.1. The summed E-state index contributed by atoms with van der Waals surface area (Å²) in [6, 6.07) is 8.12. The van der Waals surface area contributed by atoms with Gasteiger partial charge in [-0.05, 0) is 48.6 Å². The van der Waals surface area contributed by atoms with Gasteiger partial charge < -0.3 is 9.73 Å². The topological polar surface area (TPSA) is 42.2 Å². The second-order valence-corrected chi connectivity index (χ2v) is 5.23. The van der Waals surface area contributed by atoms with Gasteiger partial charge in [0.1, 0.15) is 5.82 Å². The van der Waals surface area contributed by atoms with Crippen molar-refractivity contribution in [3.63, 3.8) is 0 Å². The monoisotopic (exact) mass is 273 g/mol. The second kappa shape index (κ2) is 5.12. The zero-order valence-electron chi connectivity index (χ0n) is 11.1. The minimum absolute atomic E-state index is 0.0348. The molecule has 0 saturated heterocycles. The van der Waals surface area contributed by atoms with E-state index < -0.39 is 5.41 Å². The lowest BCUT2D eigenvalue weighted by atomic mass is 9.95. The molecule has 1 aliphatic rings. The van der Waals surface area contributed by atoms with E-state index in [1.807, 2.05) is 6.07 Å². The maximum Gasteiger partial charge on any atom is 0.230 e. The van der Waals surface area contributed by atoms with Crippen LogP contribution in [0.2, 0.25) is 0 Å². The van der Waals surface area contributed by atoms with E-state index >= 15 is 0 Å². The van der Waals surface area contributed by atoms with E-state index in [0.717, 1.165) is 30.4 Å². The Morgan fingerprint density at radius 3 is 2.60 bits per heavy atom. The lowest BCUT2D eigenvalue weighted by Gasteiger charge is -2.15. The van der Waals surface area contributed by atoms with Gasteiger partial charge in [0.15, 0.2) is 0 Å². The number of carbonyl (C=O) groups excluding carboxylic acids is 1. The second-order valence-electron chi connectivity index (χ2n) is 5.23. The van der Waals surface area contributed by atoms with Crippen LogP contribution >= 0.6 is 0 Å². The normalized spacial score (nSPS) is 15.8. The quantitative estimate of drug-likeness (QED) is 0.910. The molecule has 20 heavy (non-hydrogen) atoms. The maximum absolute atomic E-state index is 12.9. The summed E-state index contributed by atoms with van der Waals surface area (Å²) < 4.78 is 17.9. The van der Waals surface area contributed by atoms with Crippen molar-refractivity contribution >= 4 is 5.91 Å². The molecule has 0 bridgehead atoms. The number of hydrogen-bond acceptors (Lipinski definition) is 2. The Hall–Kier alpha value is -2.10. The average Bonchev–Trinajstić information content (AvgIpc) is 3.10. The lowest BCUT2D eigenvalue weighted by molar-refractivity contribution is -0.123. The Morgan fingerprint density at radius 2 is 2.00 bits per heavy atom. The van der Waals surface area contributed by atoms with Crippen molar-refractivity contribution in [1.29, 1.82) is 0 Å². The summed E-state index contributed by atoms with van der Waals surface area (Å²) in [7, 11) is 0. The van der Waals surface area contributed by atoms with Crippen molar-refractivity contribution in [3.8, 4) is 0 Å². The van der Waals surface area contributed by atoms with Gasteiger partial charge in [-0.25, -0.2) is 4.39 Å². The molecule has 0 radical (unpaired) electrons. The Morgan fingerprint density at radius 1 is 1.25 bits per heavy atom. The van der Waals surface area contributed by atoms with Crippen molar-refractivity contribution in [3.05, 3.63) is 59.8 Å². The van der Waals surface area contributed by atoms with Gasteiger partial charge in [-0.3, -0.25) is 4.79 Å². The lowest BCUT2D eigenvalue weighted by Crippen LogP contribution is -2.35. The van der Waals surface area contributed by atoms with Crippen LogP contribution in [0, 0.1) is 5.82 Å². The first-order chi connectivity index (χ1) is 9.71. The van der Waals surface area contributed by atoms with Crippen molar-refractivity contribution in [2.45, 2.75) is 24.7 Å². The van der Waals surface area contributed by atoms with Gasteiger partial charge in [0.2, 0.25) is 5.91 Å². The first kappa shape index (κ1) is 12.9. The molecule has 3 nitrogen and oxygen atoms in total. The van der Waals surface area contributed by atoms with Crippen LogP contribution in [0.15, 0.2) is 47.3 Å². The SMILES string of the molecule is O=C(NCCc1ccoc1)C1(c2ccc(F)cc2)CC1. The highest BCUT2D eigenvalue weighted by molar-refractivity contribution is 5.91. The molecule has 1 N–H and O–H groups in total. The minimum atomic E-state index is -0.440. The fourth-order valence-corrected chi connectivity index (χ4v) is 2.47. The van der Waals surface area contributed by atoms with Crippen LogP contribution in [0.1, 0.15) is 24.0 Å². The van der Waals surface area contributed by atoms with Crippen LogP contribution in [-0.2, 0) is 16.6 Å². The first-order valence-electron chi connectivity index (χ1n) is 6.76. The van der Waals surface area contributed by atoms with Crippen LogP contribution in [0.25, 0.3) is 0 Å². The predicted octanol–water partition coefficient (Wildman–Crippen LogP) is 2.81. The van der Waals surface area contributed by atoms with Crippen LogP contribution < -0.4 is 5.32 Å². The number of nitrogens with one attached hydrogen (secondary N) is 1. The van der Waals surface area contributed by atoms with Crippen molar-refractivity contribution < 1.29 is 13.6 Å². The van der Waals surface area contributed by atoms with Gasteiger partial charge in [0, 0.05) is 6.54 Å². The average molecular weight is 273 g/mol. The smallest absolute Gasteiger partial charge is 0.230 e. The molecule has 1 heterocycles.